The Hall–Kier alpha value is -1.51. The molecule has 1 saturated heterocycles. The van der Waals surface area contributed by atoms with Gasteiger partial charge in [0, 0.05) is 23.8 Å². The van der Waals surface area contributed by atoms with Crippen LogP contribution in [0.25, 0.3) is 0 Å². The minimum absolute atomic E-state index is 0.182. The summed E-state index contributed by atoms with van der Waals surface area (Å²) in [6.07, 6.45) is 6.19. The summed E-state index contributed by atoms with van der Waals surface area (Å²) in [5, 5.41) is 0. The molecule has 2 unspecified atom stereocenters. The van der Waals surface area contributed by atoms with E-state index in [4.69, 9.17) is 5.73 Å². The van der Waals surface area contributed by atoms with Gasteiger partial charge in [-0.15, -0.1) is 0 Å². The normalized spacial score (nSPS) is 26.3. The number of carbonyl (C=O) groups is 1. The standard InChI is InChI=1S/C16H22N2O/c1-11-13(7-3-8-14(11)17)16(19)18-10-4-6-12-5-2-9-15(12)18/h3,7-8,12,15H,2,4-6,9-10,17H2,1H3. The van der Waals surface area contributed by atoms with Crippen molar-refractivity contribution in [2.45, 2.75) is 45.1 Å². The fraction of sp³-hybridized carbons (Fsp3) is 0.562. The molecule has 2 aliphatic rings. The molecule has 3 rings (SSSR count). The topological polar surface area (TPSA) is 46.3 Å². The monoisotopic (exact) mass is 258 g/mol. The van der Waals surface area contributed by atoms with E-state index in [2.05, 4.69) is 4.90 Å². The SMILES string of the molecule is Cc1c(N)cccc1C(=O)N1CCCC2CCCC21. The zero-order chi connectivity index (χ0) is 13.4. The van der Waals surface area contributed by atoms with Crippen LogP contribution >= 0.6 is 0 Å². The maximum Gasteiger partial charge on any atom is 0.254 e. The zero-order valence-electron chi connectivity index (χ0n) is 11.6. The van der Waals surface area contributed by atoms with Crippen LogP contribution in [0.3, 0.4) is 0 Å². The van der Waals surface area contributed by atoms with Crippen LogP contribution in [0.4, 0.5) is 5.69 Å². The molecule has 0 spiro atoms. The summed E-state index contributed by atoms with van der Waals surface area (Å²) in [7, 11) is 0. The van der Waals surface area contributed by atoms with Crippen LogP contribution in [0.15, 0.2) is 18.2 Å². The number of nitrogens with zero attached hydrogens (tertiary/aromatic N) is 1. The van der Waals surface area contributed by atoms with Crippen molar-refractivity contribution < 1.29 is 4.79 Å². The lowest BCUT2D eigenvalue weighted by atomic mass is 9.91. The van der Waals surface area contributed by atoms with Gasteiger partial charge in [0.2, 0.25) is 0 Å². The summed E-state index contributed by atoms with van der Waals surface area (Å²) in [5.41, 5.74) is 8.35. The smallest absolute Gasteiger partial charge is 0.254 e. The number of nitrogens with two attached hydrogens (primary N) is 1. The summed E-state index contributed by atoms with van der Waals surface area (Å²) in [4.78, 5) is 14.9. The van der Waals surface area contributed by atoms with E-state index in [1.807, 2.05) is 25.1 Å². The molecule has 0 radical (unpaired) electrons. The molecule has 2 N–H and O–H groups in total. The Labute approximate surface area is 114 Å². The van der Waals surface area contributed by atoms with E-state index in [1.165, 1.54) is 25.7 Å². The summed E-state index contributed by atoms with van der Waals surface area (Å²) >= 11 is 0. The molecule has 102 valence electrons. The highest BCUT2D eigenvalue weighted by Gasteiger charge is 2.37. The molecule has 19 heavy (non-hydrogen) atoms. The molecule has 1 amide bonds. The number of hydrogen-bond donors (Lipinski definition) is 1. The van der Waals surface area contributed by atoms with E-state index >= 15 is 0 Å². The molecule has 3 heteroatoms. The first-order valence-electron chi connectivity index (χ1n) is 7.34. The third-order valence-corrected chi connectivity index (χ3v) is 4.86. The lowest BCUT2D eigenvalue weighted by Crippen LogP contribution is -2.46. The Morgan fingerprint density at radius 3 is 2.89 bits per heavy atom. The van der Waals surface area contributed by atoms with Gasteiger partial charge in [0.05, 0.1) is 0 Å². The molecule has 1 aliphatic carbocycles. The van der Waals surface area contributed by atoms with E-state index in [1.54, 1.807) is 0 Å². The second kappa shape index (κ2) is 4.87. The van der Waals surface area contributed by atoms with Crippen LogP contribution in [-0.2, 0) is 0 Å². The first-order chi connectivity index (χ1) is 9.18. The largest absolute Gasteiger partial charge is 0.398 e. The van der Waals surface area contributed by atoms with Crippen molar-refractivity contribution in [3.05, 3.63) is 29.3 Å². The predicted molar refractivity (Wildman–Crippen MR) is 77.0 cm³/mol. The molecule has 0 bridgehead atoms. The number of hydrogen-bond acceptors (Lipinski definition) is 2. The molecule has 2 atom stereocenters. The van der Waals surface area contributed by atoms with Crippen LogP contribution in [0, 0.1) is 12.8 Å². The molecular formula is C16H22N2O. The van der Waals surface area contributed by atoms with Crippen LogP contribution in [0.2, 0.25) is 0 Å². The number of carbonyl (C=O) groups excluding carboxylic acids is 1. The number of fused-ring (bicyclic) bond motifs is 1. The van der Waals surface area contributed by atoms with Gasteiger partial charge in [-0.3, -0.25) is 4.79 Å². The number of piperidine rings is 1. The van der Waals surface area contributed by atoms with Gasteiger partial charge >= 0.3 is 0 Å². The highest BCUT2D eigenvalue weighted by atomic mass is 16.2. The molecular weight excluding hydrogens is 236 g/mol. The van der Waals surface area contributed by atoms with Crippen molar-refractivity contribution in [1.82, 2.24) is 4.90 Å². The lowest BCUT2D eigenvalue weighted by molar-refractivity contribution is 0.0547. The molecule has 1 aromatic rings. The van der Waals surface area contributed by atoms with E-state index in [0.717, 1.165) is 30.0 Å². The Balaban J connectivity index is 1.88. The van der Waals surface area contributed by atoms with E-state index < -0.39 is 0 Å². The predicted octanol–water partition coefficient (Wildman–Crippen LogP) is 2.98. The van der Waals surface area contributed by atoms with E-state index in [0.29, 0.717) is 11.7 Å². The zero-order valence-corrected chi connectivity index (χ0v) is 11.6. The van der Waals surface area contributed by atoms with Gasteiger partial charge in [-0.05, 0) is 56.2 Å². The van der Waals surface area contributed by atoms with Gasteiger partial charge in [-0.25, -0.2) is 0 Å². The highest BCUT2D eigenvalue weighted by Crippen LogP contribution is 2.37. The molecule has 3 nitrogen and oxygen atoms in total. The van der Waals surface area contributed by atoms with Crippen molar-refractivity contribution in [2.24, 2.45) is 5.92 Å². The number of anilines is 1. The van der Waals surface area contributed by atoms with Crippen LogP contribution in [0.1, 0.15) is 48.0 Å². The molecule has 1 saturated carbocycles. The first-order valence-corrected chi connectivity index (χ1v) is 7.34. The minimum Gasteiger partial charge on any atom is -0.398 e. The van der Waals surface area contributed by atoms with Gasteiger partial charge in [0.1, 0.15) is 0 Å². The average Bonchev–Trinajstić information content (AvgIpc) is 2.89. The maximum atomic E-state index is 12.8. The summed E-state index contributed by atoms with van der Waals surface area (Å²) in [6.45, 7) is 2.85. The molecule has 1 aliphatic heterocycles. The van der Waals surface area contributed by atoms with Crippen LogP contribution in [0.5, 0.6) is 0 Å². The van der Waals surface area contributed by atoms with Gasteiger partial charge in [-0.2, -0.15) is 0 Å². The van der Waals surface area contributed by atoms with Gasteiger partial charge < -0.3 is 10.6 Å². The Morgan fingerprint density at radius 1 is 1.26 bits per heavy atom. The molecule has 1 aromatic carbocycles. The van der Waals surface area contributed by atoms with E-state index in [9.17, 15) is 4.79 Å². The number of rotatable bonds is 1. The molecule has 0 aromatic heterocycles. The molecule has 2 fully saturated rings. The number of amides is 1. The Kier molecular flexibility index (Phi) is 3.21. The number of nitrogen functional groups attached to an aromatic ring is 1. The Bertz CT molecular complexity index is 498. The Morgan fingerprint density at radius 2 is 2.05 bits per heavy atom. The highest BCUT2D eigenvalue weighted by molar-refractivity contribution is 5.97. The van der Waals surface area contributed by atoms with Gasteiger partial charge in [0.15, 0.2) is 0 Å². The third kappa shape index (κ3) is 2.11. The van der Waals surface area contributed by atoms with Crippen LogP contribution in [-0.4, -0.2) is 23.4 Å². The minimum atomic E-state index is 0.182. The quantitative estimate of drug-likeness (QED) is 0.787. The lowest BCUT2D eigenvalue weighted by Gasteiger charge is -2.38. The fourth-order valence-electron chi connectivity index (χ4n) is 3.75. The summed E-state index contributed by atoms with van der Waals surface area (Å²) < 4.78 is 0. The average molecular weight is 258 g/mol. The first kappa shape index (κ1) is 12.5. The van der Waals surface area contributed by atoms with Crippen molar-refractivity contribution in [3.63, 3.8) is 0 Å². The third-order valence-electron chi connectivity index (χ3n) is 4.86. The molecule has 1 heterocycles. The second-order valence-electron chi connectivity index (χ2n) is 5.92. The summed E-state index contributed by atoms with van der Waals surface area (Å²) in [5.74, 6) is 0.917. The van der Waals surface area contributed by atoms with Crippen molar-refractivity contribution in [3.8, 4) is 0 Å². The maximum absolute atomic E-state index is 12.8. The number of likely N-dealkylation sites (tertiary alicyclic amines) is 1. The second-order valence-corrected chi connectivity index (χ2v) is 5.92. The van der Waals surface area contributed by atoms with Gasteiger partial charge in [0.25, 0.3) is 5.91 Å². The van der Waals surface area contributed by atoms with Crippen molar-refractivity contribution >= 4 is 11.6 Å². The van der Waals surface area contributed by atoms with Gasteiger partial charge in [-0.1, -0.05) is 12.5 Å². The van der Waals surface area contributed by atoms with Crippen molar-refractivity contribution in [1.29, 1.82) is 0 Å². The van der Waals surface area contributed by atoms with E-state index in [-0.39, 0.29) is 5.91 Å². The van der Waals surface area contributed by atoms with Crippen LogP contribution < -0.4 is 5.73 Å². The fourth-order valence-corrected chi connectivity index (χ4v) is 3.75. The number of benzene rings is 1. The summed E-state index contributed by atoms with van der Waals surface area (Å²) in [6, 6.07) is 6.13. The van der Waals surface area contributed by atoms with Crippen molar-refractivity contribution in [2.75, 3.05) is 12.3 Å².